The number of rotatable bonds is 5. The van der Waals surface area contributed by atoms with Gasteiger partial charge in [-0.1, -0.05) is 24.3 Å². The Morgan fingerprint density at radius 2 is 1.88 bits per heavy atom. The molecule has 1 aromatic carbocycles. The van der Waals surface area contributed by atoms with E-state index >= 15 is 0 Å². The van der Waals surface area contributed by atoms with Crippen molar-refractivity contribution in [2.24, 2.45) is 5.41 Å². The Labute approximate surface area is 188 Å². The van der Waals surface area contributed by atoms with Crippen LogP contribution in [-0.4, -0.2) is 53.9 Å². The Hall–Kier alpha value is -2.96. The fraction of sp³-hybridized carbons (Fsp3) is 0.480. The fourth-order valence-electron chi connectivity index (χ4n) is 4.92. The molecule has 6 nitrogen and oxygen atoms in total. The highest BCUT2D eigenvalue weighted by molar-refractivity contribution is 5.84. The first-order chi connectivity index (χ1) is 15.5. The zero-order chi connectivity index (χ0) is 22.6. The smallest absolute Gasteiger partial charge is 0.226 e. The van der Waals surface area contributed by atoms with Crippen LogP contribution in [0.25, 0.3) is 0 Å². The third-order valence-electron chi connectivity index (χ3n) is 6.86. The van der Waals surface area contributed by atoms with Crippen LogP contribution in [-0.2, 0) is 16.0 Å². The number of aromatic nitrogens is 1. The van der Waals surface area contributed by atoms with Gasteiger partial charge in [0, 0.05) is 45.3 Å². The Kier molecular flexibility index (Phi) is 6.72. The number of halogens is 1. The van der Waals surface area contributed by atoms with Gasteiger partial charge >= 0.3 is 0 Å². The van der Waals surface area contributed by atoms with Crippen LogP contribution in [0.1, 0.15) is 38.2 Å². The summed E-state index contributed by atoms with van der Waals surface area (Å²) in [6.07, 6.45) is 5.06. The van der Waals surface area contributed by atoms with E-state index in [1.165, 1.54) is 6.07 Å². The van der Waals surface area contributed by atoms with E-state index in [0.29, 0.717) is 44.5 Å². The number of likely N-dealkylation sites (tertiary alicyclic amines) is 1. The van der Waals surface area contributed by atoms with Gasteiger partial charge in [0.05, 0.1) is 5.41 Å². The Morgan fingerprint density at radius 3 is 2.56 bits per heavy atom. The number of hydrogen-bond donors (Lipinski definition) is 1. The summed E-state index contributed by atoms with van der Waals surface area (Å²) in [5.74, 6) is 0.620. The Bertz CT molecular complexity index is 944. The monoisotopic (exact) mass is 438 g/mol. The van der Waals surface area contributed by atoms with Crippen LogP contribution in [0.15, 0.2) is 48.7 Å². The fourth-order valence-corrected chi connectivity index (χ4v) is 4.92. The number of benzene rings is 1. The molecule has 1 aromatic heterocycles. The molecule has 0 radical (unpaired) electrons. The number of pyridine rings is 1. The first-order valence-corrected chi connectivity index (χ1v) is 11.4. The van der Waals surface area contributed by atoms with Gasteiger partial charge in [-0.2, -0.15) is 0 Å². The van der Waals surface area contributed by atoms with Gasteiger partial charge in [0.15, 0.2) is 0 Å². The minimum Gasteiger partial charge on any atom is -0.355 e. The highest BCUT2D eigenvalue weighted by Crippen LogP contribution is 2.37. The summed E-state index contributed by atoms with van der Waals surface area (Å²) in [4.78, 5) is 33.9. The van der Waals surface area contributed by atoms with Crippen LogP contribution < -0.4 is 10.2 Å². The lowest BCUT2D eigenvalue weighted by atomic mass is 9.72. The Morgan fingerprint density at radius 1 is 1.12 bits per heavy atom. The van der Waals surface area contributed by atoms with Gasteiger partial charge in [0.2, 0.25) is 11.8 Å². The summed E-state index contributed by atoms with van der Waals surface area (Å²) in [5.41, 5.74) is -0.167. The first kappa shape index (κ1) is 22.2. The van der Waals surface area contributed by atoms with Crippen LogP contribution in [0, 0.1) is 11.2 Å². The summed E-state index contributed by atoms with van der Waals surface area (Å²) in [5, 5.41) is 3.28. The second-order valence-electron chi connectivity index (χ2n) is 9.00. The molecule has 0 saturated carbocycles. The lowest BCUT2D eigenvalue weighted by Gasteiger charge is -2.42. The highest BCUT2D eigenvalue weighted by atomic mass is 19.1. The van der Waals surface area contributed by atoms with E-state index < -0.39 is 5.41 Å². The summed E-state index contributed by atoms with van der Waals surface area (Å²) in [6.45, 7) is 4.21. The summed E-state index contributed by atoms with van der Waals surface area (Å²) in [6, 6.07) is 12.5. The zero-order valence-corrected chi connectivity index (χ0v) is 18.6. The molecule has 0 bridgehead atoms. The van der Waals surface area contributed by atoms with Crippen molar-refractivity contribution in [2.75, 3.05) is 31.1 Å². The normalized spacial score (nSPS) is 20.6. The molecule has 2 fully saturated rings. The minimum absolute atomic E-state index is 0.0154. The van der Waals surface area contributed by atoms with Crippen molar-refractivity contribution in [3.05, 3.63) is 60.0 Å². The maximum absolute atomic E-state index is 14.5. The average Bonchev–Trinajstić information content (AvgIpc) is 2.81. The lowest BCUT2D eigenvalue weighted by molar-refractivity contribution is -0.140. The third kappa shape index (κ3) is 4.92. The largest absolute Gasteiger partial charge is 0.355 e. The lowest BCUT2D eigenvalue weighted by Crippen LogP contribution is -2.55. The summed E-state index contributed by atoms with van der Waals surface area (Å²) >= 11 is 0. The average molecular weight is 439 g/mol. The standard InChI is InChI=1S/C25H31FN4O2/c1-19(31)29-15-11-25(12-16-29,17-20-7-2-3-9-22(20)26)24(32)28-21-8-6-14-30(18-21)23-10-4-5-13-27-23/h2-5,7,9-10,13,21H,6,8,11-12,14-18H2,1H3,(H,28,32)/t21-/m1/s1. The van der Waals surface area contributed by atoms with Gasteiger partial charge in [-0.15, -0.1) is 0 Å². The molecule has 7 heteroatoms. The molecule has 4 rings (SSSR count). The van der Waals surface area contributed by atoms with Crippen molar-refractivity contribution >= 4 is 17.6 Å². The van der Waals surface area contributed by atoms with Crippen LogP contribution in [0.3, 0.4) is 0 Å². The molecule has 1 N–H and O–H groups in total. The van der Waals surface area contributed by atoms with Crippen molar-refractivity contribution in [3.63, 3.8) is 0 Å². The summed E-state index contributed by atoms with van der Waals surface area (Å²) in [7, 11) is 0. The molecule has 2 aromatic rings. The van der Waals surface area contributed by atoms with E-state index in [4.69, 9.17) is 0 Å². The predicted octanol–water partition coefficient (Wildman–Crippen LogP) is 3.18. The van der Waals surface area contributed by atoms with Crippen molar-refractivity contribution < 1.29 is 14.0 Å². The van der Waals surface area contributed by atoms with E-state index in [2.05, 4.69) is 15.2 Å². The van der Waals surface area contributed by atoms with Gasteiger partial charge in [-0.3, -0.25) is 9.59 Å². The van der Waals surface area contributed by atoms with E-state index in [0.717, 1.165) is 25.2 Å². The van der Waals surface area contributed by atoms with Crippen LogP contribution >= 0.6 is 0 Å². The molecule has 3 heterocycles. The topological polar surface area (TPSA) is 65.5 Å². The number of nitrogens with one attached hydrogen (secondary N) is 1. The van der Waals surface area contributed by atoms with E-state index in [1.807, 2.05) is 18.2 Å². The maximum atomic E-state index is 14.5. The van der Waals surface area contributed by atoms with Crippen molar-refractivity contribution in [1.29, 1.82) is 0 Å². The molecule has 0 aliphatic carbocycles. The number of hydrogen-bond acceptors (Lipinski definition) is 4. The molecule has 1 atom stereocenters. The van der Waals surface area contributed by atoms with Gasteiger partial charge in [-0.05, 0) is 55.9 Å². The molecule has 0 spiro atoms. The molecule has 0 unspecified atom stereocenters. The zero-order valence-electron chi connectivity index (χ0n) is 18.6. The van der Waals surface area contributed by atoms with Crippen LogP contribution in [0.5, 0.6) is 0 Å². The van der Waals surface area contributed by atoms with Crippen LogP contribution in [0.2, 0.25) is 0 Å². The minimum atomic E-state index is -0.721. The highest BCUT2D eigenvalue weighted by Gasteiger charge is 2.43. The SMILES string of the molecule is CC(=O)N1CCC(Cc2ccccc2F)(C(=O)N[C@@H]2CCCN(c3ccccn3)C2)CC1. The van der Waals surface area contributed by atoms with Gasteiger partial charge < -0.3 is 15.1 Å². The summed E-state index contributed by atoms with van der Waals surface area (Å²) < 4.78 is 14.5. The molecule has 170 valence electrons. The number of nitrogens with zero attached hydrogens (tertiary/aromatic N) is 3. The first-order valence-electron chi connectivity index (χ1n) is 11.4. The number of carbonyl (C=O) groups is 2. The van der Waals surface area contributed by atoms with Crippen LogP contribution in [0.4, 0.5) is 10.2 Å². The Balaban J connectivity index is 1.50. The molecular weight excluding hydrogens is 407 g/mol. The second-order valence-corrected chi connectivity index (χ2v) is 9.00. The van der Waals surface area contributed by atoms with E-state index in [-0.39, 0.29) is 23.7 Å². The van der Waals surface area contributed by atoms with Crippen molar-refractivity contribution in [2.45, 2.75) is 45.1 Å². The number of carbonyl (C=O) groups excluding carboxylic acids is 2. The quantitative estimate of drug-likeness (QED) is 0.779. The third-order valence-corrected chi connectivity index (χ3v) is 6.86. The number of anilines is 1. The second kappa shape index (κ2) is 9.67. The number of piperidine rings is 2. The van der Waals surface area contributed by atoms with Crippen molar-refractivity contribution in [3.8, 4) is 0 Å². The van der Waals surface area contributed by atoms with Gasteiger partial charge in [0.1, 0.15) is 11.6 Å². The molecule has 32 heavy (non-hydrogen) atoms. The van der Waals surface area contributed by atoms with E-state index in [1.54, 1.807) is 36.2 Å². The van der Waals surface area contributed by atoms with Gasteiger partial charge in [0.25, 0.3) is 0 Å². The molecule has 2 saturated heterocycles. The molecule has 2 aliphatic heterocycles. The number of amides is 2. The molecule has 2 amide bonds. The predicted molar refractivity (Wildman–Crippen MR) is 122 cm³/mol. The molecule has 2 aliphatic rings. The molecular formula is C25H31FN4O2. The van der Waals surface area contributed by atoms with E-state index in [9.17, 15) is 14.0 Å². The van der Waals surface area contributed by atoms with Gasteiger partial charge in [-0.25, -0.2) is 9.37 Å². The maximum Gasteiger partial charge on any atom is 0.226 e. The van der Waals surface area contributed by atoms with Crippen molar-refractivity contribution in [1.82, 2.24) is 15.2 Å².